The van der Waals surface area contributed by atoms with Crippen molar-refractivity contribution in [1.82, 2.24) is 0 Å². The van der Waals surface area contributed by atoms with E-state index in [2.05, 4.69) is 56.1 Å². The van der Waals surface area contributed by atoms with Crippen molar-refractivity contribution in [2.45, 2.75) is 30.5 Å². The van der Waals surface area contributed by atoms with Crippen molar-refractivity contribution >= 4 is 31.9 Å². The van der Waals surface area contributed by atoms with Crippen molar-refractivity contribution < 1.29 is 0 Å². The van der Waals surface area contributed by atoms with Crippen LogP contribution in [0.3, 0.4) is 0 Å². The Morgan fingerprint density at radius 2 is 2.00 bits per heavy atom. The molecule has 0 bridgehead atoms. The van der Waals surface area contributed by atoms with Crippen molar-refractivity contribution in [3.05, 3.63) is 34.3 Å². The number of hydrogen-bond acceptors (Lipinski definition) is 0. The van der Waals surface area contributed by atoms with Gasteiger partial charge in [0.2, 0.25) is 0 Å². The topological polar surface area (TPSA) is 0 Å². The number of benzene rings is 1. The molecule has 1 aliphatic carbocycles. The summed E-state index contributed by atoms with van der Waals surface area (Å²) in [7, 11) is 0. The summed E-state index contributed by atoms with van der Waals surface area (Å²) in [6.07, 6.45) is 5.30. The van der Waals surface area contributed by atoms with Crippen LogP contribution in [0.1, 0.15) is 24.8 Å². The smallest absolute Gasteiger partial charge is 0.0207 e. The molecule has 14 heavy (non-hydrogen) atoms. The van der Waals surface area contributed by atoms with E-state index in [0.717, 1.165) is 10.7 Å². The first-order valence-electron chi connectivity index (χ1n) is 5.15. The summed E-state index contributed by atoms with van der Waals surface area (Å²) in [5, 5.41) is 0. The molecule has 1 fully saturated rings. The molecule has 0 amide bonds. The fourth-order valence-corrected chi connectivity index (χ4v) is 3.39. The summed E-state index contributed by atoms with van der Waals surface area (Å²) in [5.74, 6) is 0.827. The normalized spacial score (nSPS) is 26.7. The summed E-state index contributed by atoms with van der Waals surface area (Å²) >= 11 is 7.38. The van der Waals surface area contributed by atoms with Gasteiger partial charge in [0.1, 0.15) is 0 Å². The van der Waals surface area contributed by atoms with Crippen molar-refractivity contribution in [2.24, 2.45) is 5.92 Å². The van der Waals surface area contributed by atoms with Crippen molar-refractivity contribution in [3.63, 3.8) is 0 Å². The quantitative estimate of drug-likeness (QED) is 0.702. The van der Waals surface area contributed by atoms with Gasteiger partial charge in [-0.3, -0.25) is 0 Å². The first-order chi connectivity index (χ1) is 6.77. The summed E-state index contributed by atoms with van der Waals surface area (Å²) in [4.78, 5) is 0.731. The lowest BCUT2D eigenvalue weighted by Gasteiger charge is -2.14. The maximum absolute atomic E-state index is 3.77. The zero-order valence-electron chi connectivity index (χ0n) is 8.05. The maximum Gasteiger partial charge on any atom is 0.0207 e. The van der Waals surface area contributed by atoms with Crippen LogP contribution < -0.4 is 0 Å². The van der Waals surface area contributed by atoms with Gasteiger partial charge in [-0.25, -0.2) is 0 Å². The Morgan fingerprint density at radius 1 is 1.21 bits per heavy atom. The lowest BCUT2D eigenvalue weighted by atomic mass is 9.98. The fraction of sp³-hybridized carbons (Fsp3) is 0.500. The molecule has 2 atom stereocenters. The predicted octanol–water partition coefficient (Wildman–Crippen LogP) is 4.56. The first-order valence-corrected chi connectivity index (χ1v) is 6.85. The number of rotatable bonds is 2. The second-order valence-electron chi connectivity index (χ2n) is 4.00. The summed E-state index contributed by atoms with van der Waals surface area (Å²) in [5.41, 5.74) is 1.45. The van der Waals surface area contributed by atoms with Gasteiger partial charge in [0, 0.05) is 9.30 Å². The van der Waals surface area contributed by atoms with Gasteiger partial charge < -0.3 is 0 Å². The van der Waals surface area contributed by atoms with Gasteiger partial charge in [-0.1, -0.05) is 56.5 Å². The third-order valence-electron chi connectivity index (χ3n) is 3.01. The Kier molecular flexibility index (Phi) is 3.67. The van der Waals surface area contributed by atoms with Crippen LogP contribution in [0.4, 0.5) is 0 Å². The van der Waals surface area contributed by atoms with Crippen LogP contribution >= 0.6 is 31.9 Å². The molecule has 1 aromatic rings. The molecule has 76 valence electrons. The zero-order chi connectivity index (χ0) is 9.97. The number of alkyl halides is 1. The van der Waals surface area contributed by atoms with Gasteiger partial charge in [0.05, 0.1) is 0 Å². The highest BCUT2D eigenvalue weighted by atomic mass is 79.9. The monoisotopic (exact) mass is 316 g/mol. The van der Waals surface area contributed by atoms with E-state index in [1.165, 1.54) is 35.7 Å². The molecule has 1 aliphatic rings. The highest BCUT2D eigenvalue weighted by Crippen LogP contribution is 2.35. The minimum absolute atomic E-state index is 0.731. The zero-order valence-corrected chi connectivity index (χ0v) is 11.2. The van der Waals surface area contributed by atoms with Gasteiger partial charge in [-0.15, -0.1) is 0 Å². The molecule has 2 rings (SSSR count). The molecule has 1 saturated carbocycles. The van der Waals surface area contributed by atoms with Crippen molar-refractivity contribution in [3.8, 4) is 0 Å². The van der Waals surface area contributed by atoms with Gasteiger partial charge >= 0.3 is 0 Å². The van der Waals surface area contributed by atoms with E-state index in [1.54, 1.807) is 0 Å². The average Bonchev–Trinajstić information content (AvgIpc) is 2.56. The van der Waals surface area contributed by atoms with Gasteiger partial charge in [0.25, 0.3) is 0 Å². The Morgan fingerprint density at radius 3 is 2.64 bits per heavy atom. The lowest BCUT2D eigenvalue weighted by Crippen LogP contribution is -2.09. The highest BCUT2D eigenvalue weighted by Gasteiger charge is 2.25. The minimum Gasteiger partial charge on any atom is -0.0888 e. The first kappa shape index (κ1) is 10.7. The van der Waals surface area contributed by atoms with Gasteiger partial charge in [-0.05, 0) is 36.8 Å². The Balaban J connectivity index is 2.07. The van der Waals surface area contributed by atoms with E-state index in [1.807, 2.05) is 0 Å². The van der Waals surface area contributed by atoms with Crippen molar-refractivity contribution in [2.75, 3.05) is 0 Å². The largest absolute Gasteiger partial charge is 0.0888 e. The van der Waals surface area contributed by atoms with E-state index in [9.17, 15) is 0 Å². The van der Waals surface area contributed by atoms with Crippen LogP contribution in [0.25, 0.3) is 0 Å². The minimum atomic E-state index is 0.731. The van der Waals surface area contributed by atoms with E-state index < -0.39 is 0 Å². The fourth-order valence-electron chi connectivity index (χ4n) is 2.17. The molecule has 0 N–H and O–H groups in total. The van der Waals surface area contributed by atoms with Gasteiger partial charge in [-0.2, -0.15) is 0 Å². The second-order valence-corrected chi connectivity index (χ2v) is 6.03. The van der Waals surface area contributed by atoms with Crippen LogP contribution in [0.15, 0.2) is 28.7 Å². The number of halogens is 2. The molecule has 0 aromatic heterocycles. The SMILES string of the molecule is Brc1ccccc1C[C@@H]1CCCC1Br. The Labute approximate surface area is 102 Å². The summed E-state index contributed by atoms with van der Waals surface area (Å²) in [6, 6.07) is 8.56. The highest BCUT2D eigenvalue weighted by molar-refractivity contribution is 9.10. The van der Waals surface area contributed by atoms with Crippen LogP contribution in [0.2, 0.25) is 0 Å². The Hall–Kier alpha value is 0.180. The molecule has 1 unspecified atom stereocenters. The molecule has 0 aliphatic heterocycles. The third-order valence-corrected chi connectivity index (χ3v) is 4.99. The molecule has 2 heteroatoms. The molecule has 0 nitrogen and oxygen atoms in total. The molecule has 1 aromatic carbocycles. The molecule has 0 heterocycles. The van der Waals surface area contributed by atoms with Crippen LogP contribution in [-0.4, -0.2) is 4.83 Å². The molecular weight excluding hydrogens is 304 g/mol. The van der Waals surface area contributed by atoms with Crippen LogP contribution in [0.5, 0.6) is 0 Å². The summed E-state index contributed by atoms with van der Waals surface area (Å²) < 4.78 is 1.26. The standard InChI is InChI=1S/C12H14Br2/c13-11-6-2-1-4-9(11)8-10-5-3-7-12(10)14/h1-2,4,6,10,12H,3,5,7-8H2/t10-,12?/m0/s1. The lowest BCUT2D eigenvalue weighted by molar-refractivity contribution is 0.561. The Bertz CT molecular complexity index is 309. The van der Waals surface area contributed by atoms with E-state index in [0.29, 0.717) is 0 Å². The molecular formula is C12H14Br2. The average molecular weight is 318 g/mol. The van der Waals surface area contributed by atoms with Crippen LogP contribution in [-0.2, 0) is 6.42 Å². The van der Waals surface area contributed by atoms with E-state index in [-0.39, 0.29) is 0 Å². The third kappa shape index (κ3) is 2.40. The van der Waals surface area contributed by atoms with Crippen molar-refractivity contribution in [1.29, 1.82) is 0 Å². The van der Waals surface area contributed by atoms with E-state index in [4.69, 9.17) is 0 Å². The maximum atomic E-state index is 3.77. The molecule has 0 radical (unpaired) electrons. The van der Waals surface area contributed by atoms with E-state index >= 15 is 0 Å². The predicted molar refractivity (Wildman–Crippen MR) is 67.9 cm³/mol. The number of hydrogen-bond donors (Lipinski definition) is 0. The van der Waals surface area contributed by atoms with Gasteiger partial charge in [0.15, 0.2) is 0 Å². The molecule has 0 saturated heterocycles. The van der Waals surface area contributed by atoms with Crippen LogP contribution in [0, 0.1) is 5.92 Å². The second kappa shape index (κ2) is 4.80. The molecule has 0 spiro atoms. The summed E-state index contributed by atoms with van der Waals surface area (Å²) in [6.45, 7) is 0.